The number of amides is 1. The van der Waals surface area contributed by atoms with Gasteiger partial charge in [0.2, 0.25) is 0 Å². The van der Waals surface area contributed by atoms with Crippen LogP contribution in [0.4, 0.5) is 5.69 Å². The van der Waals surface area contributed by atoms with Crippen molar-refractivity contribution in [3.05, 3.63) is 89.0 Å². The van der Waals surface area contributed by atoms with E-state index in [1.807, 2.05) is 20.2 Å². The van der Waals surface area contributed by atoms with Crippen LogP contribution < -0.4 is 19.7 Å². The van der Waals surface area contributed by atoms with Gasteiger partial charge in [-0.2, -0.15) is 0 Å². The number of methoxy groups -OCH3 is 2. The van der Waals surface area contributed by atoms with Crippen molar-refractivity contribution in [2.45, 2.75) is 19.0 Å². The number of hydrogen-bond acceptors (Lipinski definition) is 5. The first-order valence-electron chi connectivity index (χ1n) is 11.6. The highest BCUT2D eigenvalue weighted by Gasteiger charge is 2.26. The molecule has 0 fully saturated rings. The predicted octanol–water partition coefficient (Wildman–Crippen LogP) is 4.30. The maximum absolute atomic E-state index is 13.3. The summed E-state index contributed by atoms with van der Waals surface area (Å²) in [5.74, 6) is 0.785. The monoisotopic (exact) mass is 459 g/mol. The molecule has 0 saturated heterocycles. The quantitative estimate of drug-likeness (QED) is 0.544. The van der Waals surface area contributed by atoms with E-state index in [1.165, 1.54) is 16.7 Å². The van der Waals surface area contributed by atoms with Crippen LogP contribution in [0, 0.1) is 0 Å². The van der Waals surface area contributed by atoms with Gasteiger partial charge in [-0.15, -0.1) is 0 Å². The van der Waals surface area contributed by atoms with E-state index >= 15 is 0 Å². The van der Waals surface area contributed by atoms with E-state index in [4.69, 9.17) is 9.47 Å². The van der Waals surface area contributed by atoms with Gasteiger partial charge in [-0.05, 0) is 47.4 Å². The first-order chi connectivity index (χ1) is 16.5. The van der Waals surface area contributed by atoms with Gasteiger partial charge >= 0.3 is 0 Å². The summed E-state index contributed by atoms with van der Waals surface area (Å²) in [6.07, 6.45) is 0.997. The fourth-order valence-electron chi connectivity index (χ4n) is 4.59. The van der Waals surface area contributed by atoms with Crippen molar-refractivity contribution in [2.75, 3.05) is 46.3 Å². The van der Waals surface area contributed by atoms with Gasteiger partial charge in [-0.25, -0.2) is 0 Å². The van der Waals surface area contributed by atoms with Gasteiger partial charge in [0.05, 0.1) is 20.3 Å². The topological polar surface area (TPSA) is 54.0 Å². The number of anilines is 1. The van der Waals surface area contributed by atoms with Gasteiger partial charge in [-0.3, -0.25) is 9.69 Å². The fraction of sp³-hybridized carbons (Fsp3) is 0.321. The van der Waals surface area contributed by atoms with Crippen molar-refractivity contribution in [3.8, 4) is 11.5 Å². The molecule has 0 bridgehead atoms. The van der Waals surface area contributed by atoms with E-state index < -0.39 is 0 Å². The van der Waals surface area contributed by atoms with Crippen LogP contribution in [0.5, 0.6) is 11.5 Å². The van der Waals surface area contributed by atoms with Crippen LogP contribution >= 0.6 is 0 Å². The standard InChI is InChI=1S/C28H33N3O3/c1-30(2)23-14-12-21(13-15-23)24(31-17-16-20-8-5-6-9-22(20)19-31)18-29-28(32)27-25(33-3)10-7-11-26(27)34-4/h5-15,24H,16-19H2,1-4H3,(H,29,32)/t24-/m1/s1. The highest BCUT2D eigenvalue weighted by atomic mass is 16.5. The lowest BCUT2D eigenvalue weighted by molar-refractivity contribution is 0.0921. The molecular weight excluding hydrogens is 426 g/mol. The Morgan fingerprint density at radius 3 is 2.21 bits per heavy atom. The van der Waals surface area contributed by atoms with E-state index in [0.29, 0.717) is 23.6 Å². The zero-order chi connectivity index (χ0) is 24.1. The summed E-state index contributed by atoms with van der Waals surface area (Å²) in [5, 5.41) is 3.15. The number of nitrogens with zero attached hydrogens (tertiary/aromatic N) is 2. The summed E-state index contributed by atoms with van der Waals surface area (Å²) in [6.45, 7) is 2.26. The zero-order valence-corrected chi connectivity index (χ0v) is 20.4. The minimum Gasteiger partial charge on any atom is -0.496 e. The van der Waals surface area contributed by atoms with Crippen molar-refractivity contribution in [1.29, 1.82) is 0 Å². The Bertz CT molecular complexity index is 1110. The molecular formula is C28H33N3O3. The van der Waals surface area contributed by atoms with Crippen LogP contribution in [0.1, 0.15) is 33.1 Å². The summed E-state index contributed by atoms with van der Waals surface area (Å²) < 4.78 is 10.9. The highest BCUT2D eigenvalue weighted by Crippen LogP contribution is 2.31. The number of benzene rings is 3. The predicted molar refractivity (Wildman–Crippen MR) is 136 cm³/mol. The minimum atomic E-state index is -0.207. The second-order valence-electron chi connectivity index (χ2n) is 8.74. The molecule has 0 aromatic heterocycles. The third kappa shape index (κ3) is 5.02. The third-order valence-electron chi connectivity index (χ3n) is 6.51. The maximum Gasteiger partial charge on any atom is 0.258 e. The molecule has 0 unspecified atom stereocenters. The van der Waals surface area contributed by atoms with E-state index in [2.05, 4.69) is 63.6 Å². The SMILES string of the molecule is COc1cccc(OC)c1C(=O)NC[C@H](c1ccc(N(C)C)cc1)N1CCc2ccccc2C1. The lowest BCUT2D eigenvalue weighted by Crippen LogP contribution is -2.40. The molecule has 6 nitrogen and oxygen atoms in total. The third-order valence-corrected chi connectivity index (χ3v) is 6.51. The molecule has 3 aromatic carbocycles. The summed E-state index contributed by atoms with van der Waals surface area (Å²) in [4.78, 5) is 17.8. The van der Waals surface area contributed by atoms with Gasteiger partial charge in [0, 0.05) is 39.4 Å². The fourth-order valence-corrected chi connectivity index (χ4v) is 4.59. The van der Waals surface area contributed by atoms with Gasteiger partial charge in [0.1, 0.15) is 17.1 Å². The molecule has 178 valence electrons. The number of hydrogen-bond donors (Lipinski definition) is 1. The van der Waals surface area contributed by atoms with E-state index in [0.717, 1.165) is 25.2 Å². The Balaban J connectivity index is 1.60. The second-order valence-corrected chi connectivity index (χ2v) is 8.74. The smallest absolute Gasteiger partial charge is 0.258 e. The van der Waals surface area contributed by atoms with Crippen LogP contribution in [0.25, 0.3) is 0 Å². The van der Waals surface area contributed by atoms with Crippen LogP contribution in [0.3, 0.4) is 0 Å². The average Bonchev–Trinajstić information content (AvgIpc) is 2.88. The Morgan fingerprint density at radius 1 is 0.941 bits per heavy atom. The Hall–Kier alpha value is -3.51. The van der Waals surface area contributed by atoms with Crippen LogP contribution in [0.2, 0.25) is 0 Å². The van der Waals surface area contributed by atoms with Gasteiger partial charge in [0.25, 0.3) is 5.91 Å². The molecule has 34 heavy (non-hydrogen) atoms. The van der Waals surface area contributed by atoms with Crippen molar-refractivity contribution in [3.63, 3.8) is 0 Å². The summed E-state index contributed by atoms with van der Waals surface area (Å²) in [5.41, 5.74) is 5.49. The van der Waals surface area contributed by atoms with Crippen molar-refractivity contribution < 1.29 is 14.3 Å². The number of ether oxygens (including phenoxy) is 2. The number of nitrogens with one attached hydrogen (secondary N) is 1. The molecule has 4 rings (SSSR count). The maximum atomic E-state index is 13.3. The molecule has 0 spiro atoms. The number of carbonyl (C=O) groups is 1. The molecule has 1 amide bonds. The number of fused-ring (bicyclic) bond motifs is 1. The molecule has 3 aromatic rings. The van der Waals surface area contributed by atoms with Crippen LogP contribution in [0.15, 0.2) is 66.7 Å². The molecule has 0 aliphatic carbocycles. The molecule has 1 atom stereocenters. The first-order valence-corrected chi connectivity index (χ1v) is 11.6. The molecule has 6 heteroatoms. The molecule has 1 heterocycles. The average molecular weight is 460 g/mol. The molecule has 0 radical (unpaired) electrons. The van der Waals surface area contributed by atoms with Crippen LogP contribution in [-0.2, 0) is 13.0 Å². The van der Waals surface area contributed by atoms with Crippen LogP contribution in [-0.4, -0.2) is 52.2 Å². The van der Waals surface area contributed by atoms with Gasteiger partial charge in [-0.1, -0.05) is 42.5 Å². The van der Waals surface area contributed by atoms with Crippen molar-refractivity contribution in [2.24, 2.45) is 0 Å². The Morgan fingerprint density at radius 2 is 1.59 bits per heavy atom. The highest BCUT2D eigenvalue weighted by molar-refractivity contribution is 5.99. The van der Waals surface area contributed by atoms with Gasteiger partial charge in [0.15, 0.2) is 0 Å². The summed E-state index contributed by atoms with van der Waals surface area (Å²) in [6, 6.07) is 22.6. The lowest BCUT2D eigenvalue weighted by Gasteiger charge is -2.36. The van der Waals surface area contributed by atoms with E-state index in [1.54, 1.807) is 26.4 Å². The lowest BCUT2D eigenvalue weighted by atomic mass is 9.96. The van der Waals surface area contributed by atoms with Gasteiger partial charge < -0.3 is 19.7 Å². The number of carbonyl (C=O) groups excluding carboxylic acids is 1. The molecule has 1 aliphatic heterocycles. The van der Waals surface area contributed by atoms with Crippen molar-refractivity contribution >= 4 is 11.6 Å². The Kier molecular flexibility index (Phi) is 7.38. The first kappa shape index (κ1) is 23.6. The van der Waals surface area contributed by atoms with E-state index in [-0.39, 0.29) is 11.9 Å². The minimum absolute atomic E-state index is 0.0363. The Labute approximate surface area is 202 Å². The molecule has 0 saturated carbocycles. The molecule has 1 aliphatic rings. The molecule has 1 N–H and O–H groups in total. The normalized spacial score (nSPS) is 14.1. The van der Waals surface area contributed by atoms with E-state index in [9.17, 15) is 4.79 Å². The van der Waals surface area contributed by atoms with Crippen molar-refractivity contribution in [1.82, 2.24) is 10.2 Å². The number of rotatable bonds is 8. The second kappa shape index (κ2) is 10.6. The summed E-state index contributed by atoms with van der Waals surface area (Å²) in [7, 11) is 7.20. The summed E-state index contributed by atoms with van der Waals surface area (Å²) >= 11 is 0. The largest absolute Gasteiger partial charge is 0.496 e. The zero-order valence-electron chi connectivity index (χ0n) is 20.4.